The number of sulfonamides is 1. The van der Waals surface area contributed by atoms with Gasteiger partial charge in [0.15, 0.2) is 0 Å². The maximum atomic E-state index is 13.2. The van der Waals surface area contributed by atoms with Crippen LogP contribution in [0.4, 0.5) is 0 Å². The first-order valence-corrected chi connectivity index (χ1v) is 13.9. The van der Waals surface area contributed by atoms with Gasteiger partial charge in [0.25, 0.3) is 5.91 Å². The summed E-state index contributed by atoms with van der Waals surface area (Å²) in [5.41, 5.74) is 1.08. The van der Waals surface area contributed by atoms with Gasteiger partial charge in [0.2, 0.25) is 10.0 Å². The Hall–Kier alpha value is -2.09. The van der Waals surface area contributed by atoms with E-state index in [9.17, 15) is 13.2 Å². The number of carbonyl (C=O) groups is 1. The molecule has 1 amide bonds. The molecule has 0 atom stereocenters. The monoisotopic (exact) mass is 502 g/mol. The average molecular weight is 503 g/mol. The Kier molecular flexibility index (Phi) is 6.38. The van der Waals surface area contributed by atoms with Crippen LogP contribution in [0.2, 0.25) is 5.02 Å². The van der Waals surface area contributed by atoms with Crippen molar-refractivity contribution in [2.45, 2.75) is 55.4 Å². The summed E-state index contributed by atoms with van der Waals surface area (Å²) in [5.74, 6) is 2.23. The summed E-state index contributed by atoms with van der Waals surface area (Å²) in [6.07, 6.45) is 7.34. The zero-order valence-electron chi connectivity index (χ0n) is 19.3. The van der Waals surface area contributed by atoms with Gasteiger partial charge in [-0.25, -0.2) is 13.1 Å². The lowest BCUT2D eigenvalue weighted by Gasteiger charge is -2.56. The van der Waals surface area contributed by atoms with Crippen LogP contribution in [0.5, 0.6) is 5.75 Å². The van der Waals surface area contributed by atoms with Crippen molar-refractivity contribution in [1.29, 1.82) is 0 Å². The summed E-state index contributed by atoms with van der Waals surface area (Å²) in [6, 6.07) is 11.9. The number of hydrogen-bond acceptors (Lipinski definition) is 4. The van der Waals surface area contributed by atoms with Crippen molar-refractivity contribution in [3.63, 3.8) is 0 Å². The zero-order valence-corrected chi connectivity index (χ0v) is 20.9. The van der Waals surface area contributed by atoms with E-state index in [4.69, 9.17) is 16.3 Å². The quantitative estimate of drug-likeness (QED) is 0.554. The molecule has 0 aromatic heterocycles. The van der Waals surface area contributed by atoms with Gasteiger partial charge in [-0.1, -0.05) is 23.7 Å². The van der Waals surface area contributed by atoms with Gasteiger partial charge in [0, 0.05) is 17.1 Å². The highest BCUT2D eigenvalue weighted by molar-refractivity contribution is 7.89. The number of amides is 1. The predicted octanol–water partition coefficient (Wildman–Crippen LogP) is 4.57. The molecule has 0 radical (unpaired) electrons. The van der Waals surface area contributed by atoms with Gasteiger partial charge in [-0.2, -0.15) is 0 Å². The molecule has 0 aliphatic heterocycles. The van der Waals surface area contributed by atoms with E-state index in [0.717, 1.165) is 24.8 Å². The van der Waals surface area contributed by atoms with Crippen molar-refractivity contribution in [3.05, 3.63) is 58.6 Å². The summed E-state index contributed by atoms with van der Waals surface area (Å²) in [6.45, 7) is 0.409. The van der Waals surface area contributed by atoms with Crippen LogP contribution in [-0.2, 0) is 16.4 Å². The fourth-order valence-corrected chi connectivity index (χ4v) is 8.29. The second-order valence-electron chi connectivity index (χ2n) is 10.3. The Labute approximate surface area is 206 Å². The highest BCUT2D eigenvalue weighted by Gasteiger charge is 2.52. The molecule has 6 rings (SSSR count). The number of benzene rings is 2. The highest BCUT2D eigenvalue weighted by atomic mass is 35.5. The third-order valence-corrected chi connectivity index (χ3v) is 9.56. The van der Waals surface area contributed by atoms with Crippen molar-refractivity contribution in [1.82, 2.24) is 10.0 Å². The smallest absolute Gasteiger partial charge is 0.255 e. The highest BCUT2D eigenvalue weighted by Crippen LogP contribution is 2.55. The van der Waals surface area contributed by atoms with E-state index in [0.29, 0.717) is 52.0 Å². The number of rotatable bonds is 8. The first-order chi connectivity index (χ1) is 16.2. The lowest BCUT2D eigenvalue weighted by atomic mass is 9.53. The molecular weight excluding hydrogens is 472 g/mol. The number of methoxy groups -OCH3 is 1. The number of hydrogen-bond donors (Lipinski definition) is 2. The van der Waals surface area contributed by atoms with Crippen LogP contribution in [0.25, 0.3) is 0 Å². The average Bonchev–Trinajstić information content (AvgIpc) is 2.77. The van der Waals surface area contributed by atoms with Crippen molar-refractivity contribution < 1.29 is 17.9 Å². The Morgan fingerprint density at radius 1 is 1.03 bits per heavy atom. The minimum atomic E-state index is -3.57. The molecule has 2 N–H and O–H groups in total. The van der Waals surface area contributed by atoms with Crippen LogP contribution in [0, 0.1) is 17.8 Å². The molecule has 4 saturated carbocycles. The van der Waals surface area contributed by atoms with Crippen LogP contribution in [0.3, 0.4) is 0 Å². The third kappa shape index (κ3) is 4.83. The first kappa shape index (κ1) is 23.6. The van der Waals surface area contributed by atoms with Gasteiger partial charge in [-0.3, -0.25) is 4.79 Å². The Morgan fingerprint density at radius 2 is 1.65 bits per heavy atom. The Bertz CT molecular complexity index is 1140. The molecule has 0 unspecified atom stereocenters. The molecule has 4 bridgehead atoms. The molecule has 8 heteroatoms. The molecule has 4 fully saturated rings. The molecule has 0 saturated heterocycles. The SMILES string of the molecule is COc1ccc(Cl)cc1C(=O)NCCc1ccc(S(=O)(=O)NC23CC4CC(CC(C4)C2)C3)cc1. The standard InChI is InChI=1S/C26H31ClN2O4S/c1-33-24-7-4-21(27)13-23(24)25(30)28-9-8-17-2-5-22(6-3-17)34(31,32)29-26-14-18-10-19(15-26)12-20(11-18)16-26/h2-7,13,18-20,29H,8-12,14-16H2,1H3,(H,28,30). The third-order valence-electron chi connectivity index (χ3n) is 7.73. The molecule has 34 heavy (non-hydrogen) atoms. The Morgan fingerprint density at radius 3 is 2.24 bits per heavy atom. The summed E-state index contributed by atoms with van der Waals surface area (Å²) in [4.78, 5) is 12.8. The van der Waals surface area contributed by atoms with Crippen LogP contribution in [0.15, 0.2) is 47.4 Å². The van der Waals surface area contributed by atoms with E-state index < -0.39 is 10.0 Å². The van der Waals surface area contributed by atoms with Crippen molar-refractivity contribution >= 4 is 27.5 Å². The van der Waals surface area contributed by atoms with Gasteiger partial charge in [0.05, 0.1) is 17.6 Å². The van der Waals surface area contributed by atoms with Crippen LogP contribution >= 0.6 is 11.6 Å². The van der Waals surface area contributed by atoms with Crippen molar-refractivity contribution in [2.24, 2.45) is 17.8 Å². The molecular formula is C26H31ClN2O4S. The molecule has 0 spiro atoms. The van der Waals surface area contributed by atoms with Gasteiger partial charge in [-0.15, -0.1) is 0 Å². The zero-order chi connectivity index (χ0) is 23.9. The van der Waals surface area contributed by atoms with Crippen molar-refractivity contribution in [3.8, 4) is 5.75 Å². The molecule has 4 aliphatic carbocycles. The predicted molar refractivity (Wildman–Crippen MR) is 132 cm³/mol. The minimum Gasteiger partial charge on any atom is -0.496 e. The normalized spacial score (nSPS) is 27.5. The van der Waals surface area contributed by atoms with Gasteiger partial charge in [-0.05, 0) is 98.6 Å². The minimum absolute atomic E-state index is 0.252. The lowest BCUT2D eigenvalue weighted by molar-refractivity contribution is -0.00810. The maximum absolute atomic E-state index is 13.2. The number of halogens is 1. The Balaban J connectivity index is 1.19. The second-order valence-corrected chi connectivity index (χ2v) is 12.4. The van der Waals surface area contributed by atoms with E-state index in [1.54, 1.807) is 30.3 Å². The first-order valence-electron chi connectivity index (χ1n) is 12.0. The van der Waals surface area contributed by atoms with E-state index in [-0.39, 0.29) is 11.4 Å². The van der Waals surface area contributed by atoms with Gasteiger partial charge >= 0.3 is 0 Å². The molecule has 4 aliphatic rings. The number of carbonyl (C=O) groups excluding carboxylic acids is 1. The topological polar surface area (TPSA) is 84.5 Å². The van der Waals surface area contributed by atoms with E-state index >= 15 is 0 Å². The summed E-state index contributed by atoms with van der Waals surface area (Å²) >= 11 is 6.01. The molecule has 2 aromatic rings. The van der Waals surface area contributed by atoms with Crippen LogP contribution in [-0.4, -0.2) is 33.5 Å². The molecule has 182 valence electrons. The van der Waals surface area contributed by atoms with E-state index in [1.165, 1.54) is 26.4 Å². The fraction of sp³-hybridized carbons (Fsp3) is 0.500. The van der Waals surface area contributed by atoms with Crippen molar-refractivity contribution in [2.75, 3.05) is 13.7 Å². The second kappa shape index (κ2) is 9.17. The molecule has 2 aromatic carbocycles. The van der Waals surface area contributed by atoms with Crippen LogP contribution < -0.4 is 14.8 Å². The summed E-state index contributed by atoms with van der Waals surface area (Å²) in [7, 11) is -2.06. The molecule has 0 heterocycles. The lowest BCUT2D eigenvalue weighted by Crippen LogP contribution is -2.59. The fourth-order valence-electron chi connectivity index (χ4n) is 6.69. The van der Waals surface area contributed by atoms with Gasteiger partial charge in [0.1, 0.15) is 5.75 Å². The maximum Gasteiger partial charge on any atom is 0.255 e. The molecule has 6 nitrogen and oxygen atoms in total. The summed E-state index contributed by atoms with van der Waals surface area (Å²) in [5, 5.41) is 3.33. The number of nitrogens with one attached hydrogen (secondary N) is 2. The van der Waals surface area contributed by atoms with Crippen LogP contribution in [0.1, 0.15) is 54.4 Å². The summed E-state index contributed by atoms with van der Waals surface area (Å²) < 4.78 is 34.7. The van der Waals surface area contributed by atoms with E-state index in [1.807, 2.05) is 12.1 Å². The van der Waals surface area contributed by atoms with E-state index in [2.05, 4.69) is 10.0 Å². The van der Waals surface area contributed by atoms with Gasteiger partial charge < -0.3 is 10.1 Å². The largest absolute Gasteiger partial charge is 0.496 e. The number of ether oxygens (including phenoxy) is 1.